The van der Waals surface area contributed by atoms with Crippen molar-refractivity contribution < 1.29 is 18.0 Å². The number of alkyl halides is 3. The molecule has 1 aromatic carbocycles. The number of amides is 1. The smallest absolute Gasteiger partial charge is 0.320 e. The average Bonchev–Trinajstić information content (AvgIpc) is 2.55. The van der Waals surface area contributed by atoms with Crippen LogP contribution in [0.5, 0.6) is 0 Å². The van der Waals surface area contributed by atoms with Gasteiger partial charge in [0.2, 0.25) is 0 Å². The van der Waals surface area contributed by atoms with Crippen molar-refractivity contribution in [2.24, 2.45) is 0 Å². The van der Waals surface area contributed by atoms with Crippen LogP contribution in [0.25, 0.3) is 10.9 Å². The highest BCUT2D eigenvalue weighted by Crippen LogP contribution is 2.29. The number of pyridine rings is 1. The van der Waals surface area contributed by atoms with E-state index in [2.05, 4.69) is 20.3 Å². The Morgan fingerprint density at radius 1 is 1.21 bits per heavy atom. The molecule has 122 valence electrons. The number of anilines is 1. The summed E-state index contributed by atoms with van der Waals surface area (Å²) in [6.45, 7) is 0. The fraction of sp³-hybridized carbons (Fsp3) is 0.0667. The summed E-state index contributed by atoms with van der Waals surface area (Å²) in [6, 6.07) is 5.24. The molecule has 9 heteroatoms. The standard InChI is InChI=1S/C15H9F3N4O2/c16-15(17,18)9-4-8(5-19-6-9)13(23)22-11-3-1-2-10-12(11)20-7-21-14(10)24/h1-7H,(H,22,23)(H,20,21,24). The zero-order valence-electron chi connectivity index (χ0n) is 11.9. The van der Waals surface area contributed by atoms with Gasteiger partial charge in [-0.3, -0.25) is 14.6 Å². The first-order valence-corrected chi connectivity index (χ1v) is 6.66. The molecule has 0 aliphatic rings. The predicted molar refractivity (Wildman–Crippen MR) is 79.6 cm³/mol. The molecule has 0 saturated carbocycles. The SMILES string of the molecule is O=C(Nc1cccc2c(=O)[nH]cnc12)c1cncc(C(F)(F)F)c1. The summed E-state index contributed by atoms with van der Waals surface area (Å²) in [4.78, 5) is 33.7. The van der Waals surface area contributed by atoms with Gasteiger partial charge >= 0.3 is 6.18 Å². The topological polar surface area (TPSA) is 87.7 Å². The van der Waals surface area contributed by atoms with E-state index in [1.165, 1.54) is 24.5 Å². The zero-order chi connectivity index (χ0) is 17.3. The molecule has 0 fully saturated rings. The average molecular weight is 334 g/mol. The van der Waals surface area contributed by atoms with Crippen molar-refractivity contribution in [1.82, 2.24) is 15.0 Å². The minimum absolute atomic E-state index is 0.209. The van der Waals surface area contributed by atoms with Gasteiger partial charge in [-0.25, -0.2) is 4.98 Å². The fourth-order valence-corrected chi connectivity index (χ4v) is 2.11. The summed E-state index contributed by atoms with van der Waals surface area (Å²) in [5.74, 6) is -0.789. The number of para-hydroxylation sites is 1. The second kappa shape index (κ2) is 5.76. The van der Waals surface area contributed by atoms with Gasteiger partial charge in [-0.15, -0.1) is 0 Å². The van der Waals surface area contributed by atoms with Crippen LogP contribution >= 0.6 is 0 Å². The van der Waals surface area contributed by atoms with E-state index < -0.39 is 23.2 Å². The highest BCUT2D eigenvalue weighted by Gasteiger charge is 2.31. The molecule has 0 aliphatic carbocycles. The number of fused-ring (bicyclic) bond motifs is 1. The predicted octanol–water partition coefficient (Wildman–Crippen LogP) is 2.59. The molecule has 0 bridgehead atoms. The van der Waals surface area contributed by atoms with Crippen molar-refractivity contribution in [3.05, 3.63) is 64.5 Å². The number of nitrogens with zero attached hydrogens (tertiary/aromatic N) is 2. The van der Waals surface area contributed by atoms with Crippen LogP contribution < -0.4 is 10.9 Å². The molecular weight excluding hydrogens is 325 g/mol. The monoisotopic (exact) mass is 334 g/mol. The van der Waals surface area contributed by atoms with Crippen molar-refractivity contribution >= 4 is 22.5 Å². The van der Waals surface area contributed by atoms with Gasteiger partial charge in [-0.05, 0) is 18.2 Å². The van der Waals surface area contributed by atoms with Crippen LogP contribution in [0.2, 0.25) is 0 Å². The van der Waals surface area contributed by atoms with E-state index >= 15 is 0 Å². The van der Waals surface area contributed by atoms with E-state index in [0.717, 1.165) is 6.20 Å². The third-order valence-electron chi connectivity index (χ3n) is 3.25. The summed E-state index contributed by atoms with van der Waals surface area (Å²) in [5, 5.41) is 2.69. The molecular formula is C15H9F3N4O2. The second-order valence-corrected chi connectivity index (χ2v) is 4.85. The Balaban J connectivity index is 1.97. The van der Waals surface area contributed by atoms with E-state index in [1.807, 2.05) is 0 Å². The first kappa shape index (κ1) is 15.7. The molecule has 0 aliphatic heterocycles. The number of aromatic nitrogens is 3. The highest BCUT2D eigenvalue weighted by atomic mass is 19.4. The Bertz CT molecular complexity index is 982. The summed E-state index contributed by atoms with van der Waals surface area (Å²) in [7, 11) is 0. The van der Waals surface area contributed by atoms with Crippen LogP contribution in [0.4, 0.5) is 18.9 Å². The van der Waals surface area contributed by atoms with Gasteiger partial charge < -0.3 is 10.3 Å². The number of hydrogen-bond donors (Lipinski definition) is 2. The van der Waals surface area contributed by atoms with Crippen molar-refractivity contribution in [2.45, 2.75) is 6.18 Å². The van der Waals surface area contributed by atoms with Crippen molar-refractivity contribution in [2.75, 3.05) is 5.32 Å². The quantitative estimate of drug-likeness (QED) is 0.754. The van der Waals surface area contributed by atoms with Crippen LogP contribution in [0.3, 0.4) is 0 Å². The summed E-state index contributed by atoms with van der Waals surface area (Å²) < 4.78 is 38.1. The van der Waals surface area contributed by atoms with Crippen LogP contribution in [0.1, 0.15) is 15.9 Å². The summed E-state index contributed by atoms with van der Waals surface area (Å²) in [5.41, 5.74) is -1.23. The third kappa shape index (κ3) is 2.96. The van der Waals surface area contributed by atoms with Gasteiger partial charge in [0.15, 0.2) is 0 Å². The lowest BCUT2D eigenvalue weighted by atomic mass is 10.1. The van der Waals surface area contributed by atoms with E-state index in [4.69, 9.17) is 0 Å². The van der Waals surface area contributed by atoms with Crippen molar-refractivity contribution in [3.8, 4) is 0 Å². The molecule has 24 heavy (non-hydrogen) atoms. The number of carbonyl (C=O) groups excluding carboxylic acids is 1. The minimum Gasteiger partial charge on any atom is -0.320 e. The Morgan fingerprint density at radius 2 is 2.00 bits per heavy atom. The summed E-state index contributed by atoms with van der Waals surface area (Å²) >= 11 is 0. The van der Waals surface area contributed by atoms with E-state index in [-0.39, 0.29) is 22.2 Å². The van der Waals surface area contributed by atoms with Gasteiger partial charge in [0, 0.05) is 12.4 Å². The third-order valence-corrected chi connectivity index (χ3v) is 3.25. The van der Waals surface area contributed by atoms with Crippen molar-refractivity contribution in [1.29, 1.82) is 0 Å². The molecule has 0 saturated heterocycles. The first-order chi connectivity index (χ1) is 11.4. The number of aromatic amines is 1. The number of benzene rings is 1. The number of hydrogen-bond acceptors (Lipinski definition) is 4. The summed E-state index contributed by atoms with van der Waals surface area (Å²) in [6.07, 6.45) is -1.77. The van der Waals surface area contributed by atoms with Gasteiger partial charge in [0.05, 0.1) is 28.5 Å². The molecule has 3 aromatic rings. The van der Waals surface area contributed by atoms with Crippen LogP contribution in [0, 0.1) is 0 Å². The molecule has 6 nitrogen and oxygen atoms in total. The maximum Gasteiger partial charge on any atom is 0.417 e. The maximum absolute atomic E-state index is 12.7. The fourth-order valence-electron chi connectivity index (χ4n) is 2.11. The van der Waals surface area contributed by atoms with Gasteiger partial charge in [-0.1, -0.05) is 6.07 Å². The van der Waals surface area contributed by atoms with Gasteiger partial charge in [0.25, 0.3) is 11.5 Å². The molecule has 2 aromatic heterocycles. The molecule has 0 radical (unpaired) electrons. The van der Waals surface area contributed by atoms with Crippen LogP contribution in [-0.2, 0) is 6.18 Å². The van der Waals surface area contributed by atoms with E-state index in [9.17, 15) is 22.8 Å². The molecule has 1 amide bonds. The number of carbonyl (C=O) groups is 1. The molecule has 0 atom stereocenters. The molecule has 3 rings (SSSR count). The lowest BCUT2D eigenvalue weighted by Gasteiger charge is -2.09. The van der Waals surface area contributed by atoms with E-state index in [0.29, 0.717) is 12.3 Å². The molecule has 0 spiro atoms. The number of rotatable bonds is 2. The number of nitrogens with one attached hydrogen (secondary N) is 2. The highest BCUT2D eigenvalue weighted by molar-refractivity contribution is 6.08. The second-order valence-electron chi connectivity index (χ2n) is 4.85. The number of halogens is 3. The Labute approximate surface area is 132 Å². The Kier molecular flexibility index (Phi) is 3.76. The van der Waals surface area contributed by atoms with Crippen LogP contribution in [0.15, 0.2) is 47.8 Å². The lowest BCUT2D eigenvalue weighted by Crippen LogP contribution is -2.16. The van der Waals surface area contributed by atoms with Gasteiger partial charge in [0.1, 0.15) is 5.52 Å². The minimum atomic E-state index is -4.60. The zero-order valence-corrected chi connectivity index (χ0v) is 11.9. The Morgan fingerprint density at radius 3 is 2.75 bits per heavy atom. The normalized spacial score (nSPS) is 11.5. The van der Waals surface area contributed by atoms with Crippen LogP contribution in [-0.4, -0.2) is 20.9 Å². The molecule has 0 unspecified atom stereocenters. The Hall–Kier alpha value is -3.23. The lowest BCUT2D eigenvalue weighted by molar-refractivity contribution is -0.137. The first-order valence-electron chi connectivity index (χ1n) is 6.66. The van der Waals surface area contributed by atoms with Gasteiger partial charge in [-0.2, -0.15) is 13.2 Å². The van der Waals surface area contributed by atoms with E-state index in [1.54, 1.807) is 0 Å². The molecule has 2 N–H and O–H groups in total. The molecule has 2 heterocycles. The largest absolute Gasteiger partial charge is 0.417 e. The maximum atomic E-state index is 12.7. The number of H-pyrrole nitrogens is 1. The van der Waals surface area contributed by atoms with Crippen molar-refractivity contribution in [3.63, 3.8) is 0 Å².